The van der Waals surface area contributed by atoms with E-state index in [1.807, 2.05) is 27.7 Å². The van der Waals surface area contributed by atoms with Crippen molar-refractivity contribution >= 4 is 0 Å². The molecule has 0 bridgehead atoms. The van der Waals surface area contributed by atoms with Gasteiger partial charge < -0.3 is 23.7 Å². The van der Waals surface area contributed by atoms with E-state index in [0.717, 1.165) is 0 Å². The summed E-state index contributed by atoms with van der Waals surface area (Å²) in [6, 6.07) is 0. The first-order chi connectivity index (χ1) is 8.27. The molecular formula is C13H22O5. The quantitative estimate of drug-likeness (QED) is 0.715. The first-order valence-electron chi connectivity index (χ1n) is 6.60. The second-order valence-corrected chi connectivity index (χ2v) is 6.30. The second-order valence-electron chi connectivity index (χ2n) is 6.30. The molecule has 5 heteroatoms. The number of rotatable bonds is 1. The monoisotopic (exact) mass is 258 g/mol. The highest BCUT2D eigenvalue weighted by atomic mass is 16.8. The summed E-state index contributed by atoms with van der Waals surface area (Å²) in [5.74, 6) is -0.841. The van der Waals surface area contributed by atoms with Crippen LogP contribution in [-0.4, -0.2) is 42.8 Å². The van der Waals surface area contributed by atoms with Gasteiger partial charge in [-0.15, -0.1) is 0 Å². The second kappa shape index (κ2) is 3.90. The molecule has 3 aliphatic rings. The number of hydrogen-bond acceptors (Lipinski definition) is 5. The third-order valence-corrected chi connectivity index (χ3v) is 3.81. The average Bonchev–Trinajstić information content (AvgIpc) is 2.81. The molecule has 0 aliphatic carbocycles. The maximum absolute atomic E-state index is 5.96. The summed E-state index contributed by atoms with van der Waals surface area (Å²) in [5, 5.41) is 0. The van der Waals surface area contributed by atoms with Crippen LogP contribution in [0.4, 0.5) is 0 Å². The van der Waals surface area contributed by atoms with Crippen LogP contribution in [0.15, 0.2) is 0 Å². The lowest BCUT2D eigenvalue weighted by Crippen LogP contribution is -2.37. The average molecular weight is 258 g/mol. The molecule has 3 rings (SSSR count). The molecule has 0 aromatic rings. The Kier molecular flexibility index (Phi) is 2.78. The van der Waals surface area contributed by atoms with E-state index in [0.29, 0.717) is 6.61 Å². The Morgan fingerprint density at radius 3 is 2.17 bits per heavy atom. The van der Waals surface area contributed by atoms with Crippen LogP contribution in [0.1, 0.15) is 34.6 Å². The van der Waals surface area contributed by atoms with Crippen LogP contribution in [0.2, 0.25) is 0 Å². The lowest BCUT2D eigenvalue weighted by molar-refractivity contribution is -0.226. The predicted molar refractivity (Wildman–Crippen MR) is 62.8 cm³/mol. The maximum Gasteiger partial charge on any atom is 0.187 e. The van der Waals surface area contributed by atoms with E-state index in [9.17, 15) is 0 Å². The zero-order valence-electron chi connectivity index (χ0n) is 11.6. The van der Waals surface area contributed by atoms with Gasteiger partial charge in [0.15, 0.2) is 17.9 Å². The lowest BCUT2D eigenvalue weighted by Gasteiger charge is -2.27. The van der Waals surface area contributed by atoms with Gasteiger partial charge in [-0.25, -0.2) is 0 Å². The largest absolute Gasteiger partial charge is 0.348 e. The lowest BCUT2D eigenvalue weighted by atomic mass is 9.97. The van der Waals surface area contributed by atoms with Crippen LogP contribution < -0.4 is 0 Å². The Morgan fingerprint density at radius 1 is 0.889 bits per heavy atom. The minimum absolute atomic E-state index is 0.0164. The molecule has 3 heterocycles. The smallest absolute Gasteiger partial charge is 0.187 e. The predicted octanol–water partition coefficient (Wildman–Crippen LogP) is 1.65. The van der Waals surface area contributed by atoms with Gasteiger partial charge in [0.25, 0.3) is 0 Å². The van der Waals surface area contributed by atoms with E-state index < -0.39 is 11.6 Å². The zero-order valence-corrected chi connectivity index (χ0v) is 11.6. The Morgan fingerprint density at radius 2 is 1.61 bits per heavy atom. The van der Waals surface area contributed by atoms with Crippen molar-refractivity contribution < 1.29 is 23.7 Å². The Balaban J connectivity index is 1.68. The van der Waals surface area contributed by atoms with Gasteiger partial charge in [0.05, 0.1) is 12.7 Å². The summed E-state index contributed by atoms with van der Waals surface area (Å²) in [7, 11) is 0. The van der Waals surface area contributed by atoms with Crippen LogP contribution in [0.3, 0.4) is 0 Å². The standard InChI is InChI=1S/C13H22O5/c1-7-9(8-6-14-12(2,3)16-8)15-11-10(7)17-13(4,5)18-11/h7-11H,6H2,1-5H3/t7-,8?,9-,10?,11-/m0/s1. The van der Waals surface area contributed by atoms with Crippen molar-refractivity contribution in [3.8, 4) is 0 Å². The highest BCUT2D eigenvalue weighted by Crippen LogP contribution is 2.43. The zero-order chi connectivity index (χ0) is 13.1. The summed E-state index contributed by atoms with van der Waals surface area (Å²) in [6.07, 6.45) is -0.376. The van der Waals surface area contributed by atoms with E-state index in [4.69, 9.17) is 23.7 Å². The molecule has 3 saturated heterocycles. The molecule has 0 radical (unpaired) electrons. The molecule has 0 spiro atoms. The molecule has 5 atom stereocenters. The fourth-order valence-electron chi connectivity index (χ4n) is 2.99. The summed E-state index contributed by atoms with van der Waals surface area (Å²) in [5.41, 5.74) is 0. The van der Waals surface area contributed by atoms with Gasteiger partial charge in [0.1, 0.15) is 12.2 Å². The normalized spacial score (nSPS) is 49.5. The Bertz CT molecular complexity index is 340. The maximum atomic E-state index is 5.96. The topological polar surface area (TPSA) is 46.2 Å². The molecule has 0 N–H and O–H groups in total. The number of fused-ring (bicyclic) bond motifs is 1. The molecule has 2 unspecified atom stereocenters. The molecule has 18 heavy (non-hydrogen) atoms. The SMILES string of the molecule is C[C@@H]1C2OC(C)(C)O[C@@H]2O[C@@H]1C1COC(C)(C)O1. The van der Waals surface area contributed by atoms with E-state index in [2.05, 4.69) is 6.92 Å². The van der Waals surface area contributed by atoms with Crippen LogP contribution in [0.5, 0.6) is 0 Å². The van der Waals surface area contributed by atoms with Crippen LogP contribution in [-0.2, 0) is 23.7 Å². The molecule has 0 saturated carbocycles. The summed E-state index contributed by atoms with van der Waals surface area (Å²) < 4.78 is 29.0. The minimum Gasteiger partial charge on any atom is -0.348 e. The Labute approximate surface area is 108 Å². The van der Waals surface area contributed by atoms with Gasteiger partial charge in [-0.05, 0) is 27.7 Å². The van der Waals surface area contributed by atoms with Gasteiger partial charge in [0, 0.05) is 5.92 Å². The Hall–Kier alpha value is -0.200. The van der Waals surface area contributed by atoms with Gasteiger partial charge >= 0.3 is 0 Å². The highest BCUT2D eigenvalue weighted by molar-refractivity contribution is 4.95. The number of ether oxygens (including phenoxy) is 5. The molecule has 0 aromatic carbocycles. The highest BCUT2D eigenvalue weighted by Gasteiger charge is 2.56. The third-order valence-electron chi connectivity index (χ3n) is 3.81. The minimum atomic E-state index is -0.555. The van der Waals surface area contributed by atoms with Crippen molar-refractivity contribution in [3.63, 3.8) is 0 Å². The molecule has 0 amide bonds. The molecular weight excluding hydrogens is 236 g/mol. The first kappa shape index (κ1) is 12.8. The van der Waals surface area contributed by atoms with Gasteiger partial charge in [-0.2, -0.15) is 0 Å². The van der Waals surface area contributed by atoms with Crippen molar-refractivity contribution in [2.45, 2.75) is 70.8 Å². The van der Waals surface area contributed by atoms with Gasteiger partial charge in [0.2, 0.25) is 0 Å². The molecule has 3 aliphatic heterocycles. The fraction of sp³-hybridized carbons (Fsp3) is 1.00. The third kappa shape index (κ3) is 2.08. The summed E-state index contributed by atoms with van der Waals surface area (Å²) in [4.78, 5) is 0. The molecule has 0 aromatic heterocycles. The van der Waals surface area contributed by atoms with Crippen LogP contribution >= 0.6 is 0 Å². The van der Waals surface area contributed by atoms with E-state index in [-0.39, 0.29) is 30.5 Å². The molecule has 104 valence electrons. The van der Waals surface area contributed by atoms with Crippen molar-refractivity contribution in [3.05, 3.63) is 0 Å². The van der Waals surface area contributed by atoms with E-state index in [1.165, 1.54) is 0 Å². The van der Waals surface area contributed by atoms with Crippen molar-refractivity contribution in [2.75, 3.05) is 6.61 Å². The van der Waals surface area contributed by atoms with Crippen LogP contribution in [0.25, 0.3) is 0 Å². The van der Waals surface area contributed by atoms with Crippen molar-refractivity contribution in [1.82, 2.24) is 0 Å². The van der Waals surface area contributed by atoms with E-state index in [1.54, 1.807) is 0 Å². The van der Waals surface area contributed by atoms with E-state index >= 15 is 0 Å². The van der Waals surface area contributed by atoms with Crippen molar-refractivity contribution in [1.29, 1.82) is 0 Å². The molecule has 5 nitrogen and oxygen atoms in total. The number of hydrogen-bond donors (Lipinski definition) is 0. The summed E-state index contributed by atoms with van der Waals surface area (Å²) >= 11 is 0. The van der Waals surface area contributed by atoms with Crippen LogP contribution in [0, 0.1) is 5.92 Å². The van der Waals surface area contributed by atoms with Gasteiger partial charge in [-0.3, -0.25) is 0 Å². The first-order valence-corrected chi connectivity index (χ1v) is 6.60. The van der Waals surface area contributed by atoms with Crippen molar-refractivity contribution in [2.24, 2.45) is 5.92 Å². The summed E-state index contributed by atoms with van der Waals surface area (Å²) in [6.45, 7) is 10.3. The fourth-order valence-corrected chi connectivity index (χ4v) is 2.99. The molecule has 3 fully saturated rings. The van der Waals surface area contributed by atoms with Gasteiger partial charge in [-0.1, -0.05) is 6.92 Å².